The van der Waals surface area contributed by atoms with E-state index in [9.17, 15) is 0 Å². The summed E-state index contributed by atoms with van der Waals surface area (Å²) in [5.74, 6) is 2.85. The Morgan fingerprint density at radius 2 is 2.05 bits per heavy atom. The lowest BCUT2D eigenvalue weighted by Crippen LogP contribution is -2.22. The van der Waals surface area contributed by atoms with E-state index in [0.717, 1.165) is 42.2 Å². The standard InChI is InChI=1S/C17H23NO2/c1-4-11-18-17(16-10-9-14(5-2)20-16)13-7-6-8-15(12-13)19-3/h6-10,12,17-18H,4-5,11H2,1-3H3. The first-order valence-electron chi connectivity index (χ1n) is 7.24. The summed E-state index contributed by atoms with van der Waals surface area (Å²) in [6.07, 6.45) is 2.00. The normalized spacial score (nSPS) is 12.3. The molecule has 0 aliphatic carbocycles. The van der Waals surface area contributed by atoms with Crippen molar-refractivity contribution in [3.05, 3.63) is 53.5 Å². The topological polar surface area (TPSA) is 34.4 Å². The van der Waals surface area contributed by atoms with E-state index in [1.165, 1.54) is 0 Å². The van der Waals surface area contributed by atoms with Gasteiger partial charge in [0.2, 0.25) is 0 Å². The second-order valence-electron chi connectivity index (χ2n) is 4.82. The molecular formula is C17H23NO2. The van der Waals surface area contributed by atoms with Gasteiger partial charge in [-0.05, 0) is 42.8 Å². The summed E-state index contributed by atoms with van der Waals surface area (Å²) >= 11 is 0. The highest BCUT2D eigenvalue weighted by Crippen LogP contribution is 2.26. The van der Waals surface area contributed by atoms with Crippen LogP contribution in [0.1, 0.15) is 43.4 Å². The van der Waals surface area contributed by atoms with Gasteiger partial charge in [0, 0.05) is 6.42 Å². The zero-order valence-electron chi connectivity index (χ0n) is 12.5. The molecule has 1 aromatic carbocycles. The van der Waals surface area contributed by atoms with Crippen molar-refractivity contribution in [2.45, 2.75) is 32.7 Å². The number of hydrogen-bond acceptors (Lipinski definition) is 3. The lowest BCUT2D eigenvalue weighted by atomic mass is 10.0. The lowest BCUT2D eigenvalue weighted by molar-refractivity contribution is 0.408. The van der Waals surface area contributed by atoms with Gasteiger partial charge in [0.05, 0.1) is 13.2 Å². The van der Waals surface area contributed by atoms with Crippen molar-refractivity contribution >= 4 is 0 Å². The van der Waals surface area contributed by atoms with E-state index in [1.54, 1.807) is 7.11 Å². The molecule has 0 fully saturated rings. The van der Waals surface area contributed by atoms with Gasteiger partial charge in [-0.1, -0.05) is 26.0 Å². The minimum absolute atomic E-state index is 0.0744. The molecule has 1 aromatic heterocycles. The number of hydrogen-bond donors (Lipinski definition) is 1. The Labute approximate surface area is 121 Å². The molecule has 0 bridgehead atoms. The summed E-state index contributed by atoms with van der Waals surface area (Å²) in [5, 5.41) is 3.54. The molecule has 0 saturated heterocycles. The second kappa shape index (κ2) is 7.15. The van der Waals surface area contributed by atoms with Crippen LogP contribution in [0.3, 0.4) is 0 Å². The first-order valence-corrected chi connectivity index (χ1v) is 7.24. The third-order valence-electron chi connectivity index (χ3n) is 3.34. The zero-order valence-corrected chi connectivity index (χ0v) is 12.5. The molecule has 2 rings (SSSR count). The van der Waals surface area contributed by atoms with Gasteiger partial charge < -0.3 is 14.5 Å². The molecule has 1 atom stereocenters. The number of benzene rings is 1. The summed E-state index contributed by atoms with van der Waals surface area (Å²) in [5.41, 5.74) is 1.16. The highest BCUT2D eigenvalue weighted by atomic mass is 16.5. The molecule has 3 heteroatoms. The molecule has 1 heterocycles. The van der Waals surface area contributed by atoms with Crippen LogP contribution in [0.2, 0.25) is 0 Å². The van der Waals surface area contributed by atoms with E-state index in [4.69, 9.17) is 9.15 Å². The monoisotopic (exact) mass is 273 g/mol. The third-order valence-corrected chi connectivity index (χ3v) is 3.34. The van der Waals surface area contributed by atoms with Gasteiger partial charge in [-0.25, -0.2) is 0 Å². The molecular weight excluding hydrogens is 250 g/mol. The first-order chi connectivity index (χ1) is 9.78. The highest BCUT2D eigenvalue weighted by Gasteiger charge is 2.17. The molecule has 0 aliphatic heterocycles. The average Bonchev–Trinajstić information content (AvgIpc) is 2.97. The van der Waals surface area contributed by atoms with Crippen molar-refractivity contribution in [1.82, 2.24) is 5.32 Å². The fourth-order valence-corrected chi connectivity index (χ4v) is 2.23. The number of methoxy groups -OCH3 is 1. The van der Waals surface area contributed by atoms with Crippen LogP contribution in [-0.4, -0.2) is 13.7 Å². The average molecular weight is 273 g/mol. The maximum Gasteiger partial charge on any atom is 0.125 e. The summed E-state index contributed by atoms with van der Waals surface area (Å²) < 4.78 is 11.2. The number of rotatable bonds is 7. The zero-order chi connectivity index (χ0) is 14.4. The predicted octanol–water partition coefficient (Wildman–Crippen LogP) is 3.94. The van der Waals surface area contributed by atoms with E-state index < -0.39 is 0 Å². The summed E-state index contributed by atoms with van der Waals surface area (Å²) in [6, 6.07) is 12.3. The van der Waals surface area contributed by atoms with Crippen LogP contribution < -0.4 is 10.1 Å². The minimum Gasteiger partial charge on any atom is -0.497 e. The number of aryl methyl sites for hydroxylation is 1. The largest absolute Gasteiger partial charge is 0.497 e. The van der Waals surface area contributed by atoms with Crippen molar-refractivity contribution in [2.24, 2.45) is 0 Å². The SMILES string of the molecule is CCCNC(c1cccc(OC)c1)c1ccc(CC)o1. The van der Waals surface area contributed by atoms with Crippen LogP contribution >= 0.6 is 0 Å². The highest BCUT2D eigenvalue weighted by molar-refractivity contribution is 5.34. The number of ether oxygens (including phenoxy) is 1. The Kier molecular flexibility index (Phi) is 5.24. The molecule has 0 amide bonds. The van der Waals surface area contributed by atoms with Crippen LogP contribution in [0, 0.1) is 0 Å². The first kappa shape index (κ1) is 14.7. The Morgan fingerprint density at radius 1 is 1.20 bits per heavy atom. The Morgan fingerprint density at radius 3 is 2.70 bits per heavy atom. The van der Waals surface area contributed by atoms with Crippen LogP contribution in [0.5, 0.6) is 5.75 Å². The maximum atomic E-state index is 5.92. The van der Waals surface area contributed by atoms with Gasteiger partial charge in [0.1, 0.15) is 17.3 Å². The Balaban J connectivity index is 2.30. The molecule has 1 N–H and O–H groups in total. The van der Waals surface area contributed by atoms with Crippen LogP contribution in [0.15, 0.2) is 40.8 Å². The van der Waals surface area contributed by atoms with Crippen LogP contribution in [0.25, 0.3) is 0 Å². The molecule has 0 saturated carbocycles. The molecule has 0 spiro atoms. The van der Waals surface area contributed by atoms with E-state index >= 15 is 0 Å². The van der Waals surface area contributed by atoms with Gasteiger partial charge in [0.15, 0.2) is 0 Å². The van der Waals surface area contributed by atoms with Gasteiger partial charge >= 0.3 is 0 Å². The molecule has 0 radical (unpaired) electrons. The van der Waals surface area contributed by atoms with E-state index in [-0.39, 0.29) is 6.04 Å². The molecule has 0 aliphatic rings. The Bertz CT molecular complexity index is 533. The van der Waals surface area contributed by atoms with Gasteiger partial charge in [-0.3, -0.25) is 0 Å². The fourth-order valence-electron chi connectivity index (χ4n) is 2.23. The van der Waals surface area contributed by atoms with Crippen molar-refractivity contribution in [3.8, 4) is 5.75 Å². The third kappa shape index (κ3) is 3.42. The van der Waals surface area contributed by atoms with Crippen molar-refractivity contribution in [2.75, 3.05) is 13.7 Å². The van der Waals surface area contributed by atoms with Gasteiger partial charge in [-0.15, -0.1) is 0 Å². The van der Waals surface area contributed by atoms with Crippen molar-refractivity contribution < 1.29 is 9.15 Å². The van der Waals surface area contributed by atoms with Crippen LogP contribution in [0.4, 0.5) is 0 Å². The van der Waals surface area contributed by atoms with Crippen LogP contribution in [-0.2, 0) is 6.42 Å². The second-order valence-corrected chi connectivity index (χ2v) is 4.82. The molecule has 20 heavy (non-hydrogen) atoms. The summed E-state index contributed by atoms with van der Waals surface area (Å²) in [6.45, 7) is 5.21. The summed E-state index contributed by atoms with van der Waals surface area (Å²) in [7, 11) is 1.69. The van der Waals surface area contributed by atoms with Crippen molar-refractivity contribution in [1.29, 1.82) is 0 Å². The molecule has 1 unspecified atom stereocenters. The molecule has 3 nitrogen and oxygen atoms in total. The fraction of sp³-hybridized carbons (Fsp3) is 0.412. The molecule has 108 valence electrons. The lowest BCUT2D eigenvalue weighted by Gasteiger charge is -2.17. The predicted molar refractivity (Wildman–Crippen MR) is 81.2 cm³/mol. The Hall–Kier alpha value is -1.74. The minimum atomic E-state index is 0.0744. The molecule has 2 aromatic rings. The van der Waals surface area contributed by atoms with E-state index in [1.807, 2.05) is 12.1 Å². The van der Waals surface area contributed by atoms with Crippen molar-refractivity contribution in [3.63, 3.8) is 0 Å². The smallest absolute Gasteiger partial charge is 0.125 e. The quantitative estimate of drug-likeness (QED) is 0.829. The number of furan rings is 1. The van der Waals surface area contributed by atoms with Gasteiger partial charge in [0.25, 0.3) is 0 Å². The van der Waals surface area contributed by atoms with Gasteiger partial charge in [-0.2, -0.15) is 0 Å². The summed E-state index contributed by atoms with van der Waals surface area (Å²) in [4.78, 5) is 0. The maximum absolute atomic E-state index is 5.92. The van der Waals surface area contributed by atoms with E-state index in [0.29, 0.717) is 0 Å². The van der Waals surface area contributed by atoms with E-state index in [2.05, 4.69) is 43.4 Å². The number of nitrogens with one attached hydrogen (secondary N) is 1.